The second-order valence-corrected chi connectivity index (χ2v) is 7.78. The number of allylic oxidation sites excluding steroid dienone is 1. The molecule has 2 N–H and O–H groups in total. The number of ether oxygens (including phenoxy) is 2. The summed E-state index contributed by atoms with van der Waals surface area (Å²) in [6, 6.07) is 13.3. The van der Waals surface area contributed by atoms with Crippen molar-refractivity contribution < 1.29 is 13.9 Å². The molecule has 0 fully saturated rings. The van der Waals surface area contributed by atoms with Crippen LogP contribution in [0.3, 0.4) is 0 Å². The summed E-state index contributed by atoms with van der Waals surface area (Å²) in [5.74, 6) is 0.403. The van der Waals surface area contributed by atoms with Gasteiger partial charge in [0, 0.05) is 0 Å². The fraction of sp³-hybridized carbons (Fsp3) is 0.280. The Kier molecular flexibility index (Phi) is 5.43. The van der Waals surface area contributed by atoms with Crippen LogP contribution in [-0.4, -0.2) is 6.61 Å². The van der Waals surface area contributed by atoms with Crippen molar-refractivity contribution in [3.05, 3.63) is 80.5 Å². The maximum atomic E-state index is 13.0. The van der Waals surface area contributed by atoms with Crippen molar-refractivity contribution in [1.82, 2.24) is 0 Å². The molecule has 2 aromatic carbocycles. The van der Waals surface area contributed by atoms with E-state index >= 15 is 0 Å². The number of hydrogen-bond acceptors (Lipinski definition) is 6. The van der Waals surface area contributed by atoms with Gasteiger partial charge in [0.25, 0.3) is 0 Å². The van der Waals surface area contributed by atoms with E-state index in [-0.39, 0.29) is 17.0 Å². The number of unbranched alkanes of at least 4 members (excludes halogenated alkanes) is 1. The lowest BCUT2D eigenvalue weighted by Gasteiger charge is -2.26. The van der Waals surface area contributed by atoms with Gasteiger partial charge in [-0.25, -0.2) is 4.79 Å². The van der Waals surface area contributed by atoms with E-state index in [0.29, 0.717) is 23.3 Å². The SMILES string of the molecule is CCCCOc1ccc([C@@H]2C(C#N)=C(N)Oc3c2c(=O)oc2cc(C)cc(C)c32)cc1. The summed E-state index contributed by atoms with van der Waals surface area (Å²) < 4.78 is 17.2. The lowest BCUT2D eigenvalue weighted by molar-refractivity contribution is 0.309. The molecule has 0 radical (unpaired) electrons. The molecule has 6 heteroatoms. The summed E-state index contributed by atoms with van der Waals surface area (Å²) in [6.07, 6.45) is 2.02. The van der Waals surface area contributed by atoms with Crippen LogP contribution in [0.5, 0.6) is 11.5 Å². The number of nitrogens with two attached hydrogens (primary N) is 1. The van der Waals surface area contributed by atoms with E-state index in [1.165, 1.54) is 0 Å². The minimum Gasteiger partial charge on any atom is -0.494 e. The van der Waals surface area contributed by atoms with E-state index in [9.17, 15) is 10.1 Å². The average Bonchev–Trinajstić information content (AvgIpc) is 2.73. The van der Waals surface area contributed by atoms with Gasteiger partial charge in [-0.15, -0.1) is 0 Å². The minimum atomic E-state index is -0.681. The molecule has 0 amide bonds. The van der Waals surface area contributed by atoms with Crippen molar-refractivity contribution in [3.63, 3.8) is 0 Å². The zero-order chi connectivity index (χ0) is 22.1. The highest BCUT2D eigenvalue weighted by Crippen LogP contribution is 2.44. The predicted octanol–water partition coefficient (Wildman–Crippen LogP) is 4.81. The molecule has 0 spiro atoms. The summed E-state index contributed by atoms with van der Waals surface area (Å²) in [7, 11) is 0. The molecule has 158 valence electrons. The van der Waals surface area contributed by atoms with Crippen LogP contribution >= 0.6 is 0 Å². The van der Waals surface area contributed by atoms with Gasteiger partial charge in [0.15, 0.2) is 5.75 Å². The van der Waals surface area contributed by atoms with E-state index in [2.05, 4.69) is 13.0 Å². The lowest BCUT2D eigenvalue weighted by Crippen LogP contribution is -2.26. The summed E-state index contributed by atoms with van der Waals surface area (Å²) in [5.41, 5.74) is 9.12. The summed E-state index contributed by atoms with van der Waals surface area (Å²) >= 11 is 0. The third kappa shape index (κ3) is 3.64. The third-order valence-corrected chi connectivity index (χ3v) is 5.49. The molecule has 0 unspecified atom stereocenters. The summed E-state index contributed by atoms with van der Waals surface area (Å²) in [5, 5.41) is 10.5. The Labute approximate surface area is 180 Å². The van der Waals surface area contributed by atoms with Gasteiger partial charge in [-0.05, 0) is 55.2 Å². The summed E-state index contributed by atoms with van der Waals surface area (Å²) in [6.45, 7) is 6.60. The van der Waals surface area contributed by atoms with Crippen molar-refractivity contribution in [2.75, 3.05) is 6.61 Å². The molecule has 0 aliphatic carbocycles. The molecule has 3 aromatic rings. The highest BCUT2D eigenvalue weighted by Gasteiger charge is 2.35. The first kappa shape index (κ1) is 20.5. The van der Waals surface area contributed by atoms with Gasteiger partial charge in [0.1, 0.15) is 23.0 Å². The van der Waals surface area contributed by atoms with Crippen LogP contribution < -0.4 is 20.8 Å². The van der Waals surface area contributed by atoms with Crippen LogP contribution in [0.1, 0.15) is 47.9 Å². The van der Waals surface area contributed by atoms with Gasteiger partial charge < -0.3 is 19.6 Å². The van der Waals surface area contributed by atoms with Gasteiger partial charge in [-0.3, -0.25) is 0 Å². The molecule has 6 nitrogen and oxygen atoms in total. The Morgan fingerprint density at radius 2 is 1.94 bits per heavy atom. The second kappa shape index (κ2) is 8.19. The number of nitrogens with zero attached hydrogens (tertiary/aromatic N) is 1. The smallest absolute Gasteiger partial charge is 0.344 e. The molecule has 0 saturated heterocycles. The topological polar surface area (TPSA) is 98.5 Å². The van der Waals surface area contributed by atoms with E-state index in [1.54, 1.807) is 6.07 Å². The molecule has 31 heavy (non-hydrogen) atoms. The number of hydrogen-bond donors (Lipinski definition) is 1. The Morgan fingerprint density at radius 3 is 2.61 bits per heavy atom. The van der Waals surface area contributed by atoms with Crippen molar-refractivity contribution in [3.8, 4) is 17.6 Å². The first-order valence-electron chi connectivity index (χ1n) is 10.3. The molecule has 4 rings (SSSR count). The predicted molar refractivity (Wildman–Crippen MR) is 118 cm³/mol. The maximum absolute atomic E-state index is 13.0. The minimum absolute atomic E-state index is 0.00449. The monoisotopic (exact) mass is 416 g/mol. The second-order valence-electron chi connectivity index (χ2n) is 7.78. The first-order valence-corrected chi connectivity index (χ1v) is 10.3. The van der Waals surface area contributed by atoms with Gasteiger partial charge in [0.2, 0.25) is 5.88 Å². The standard InChI is InChI=1S/C25H24N2O4/c1-4-5-10-29-17-8-6-16(7-9-17)21-18(13-26)24(27)31-23-20-15(3)11-14(2)12-19(20)30-25(28)22(21)23/h6-9,11-12,21H,4-5,10,27H2,1-3H3/t21-/m1/s1. The van der Waals surface area contributed by atoms with Crippen LogP contribution in [-0.2, 0) is 0 Å². The summed E-state index contributed by atoms with van der Waals surface area (Å²) in [4.78, 5) is 13.0. The maximum Gasteiger partial charge on any atom is 0.344 e. The van der Waals surface area contributed by atoms with Crippen LogP contribution in [0.2, 0.25) is 0 Å². The number of rotatable bonds is 5. The Morgan fingerprint density at radius 1 is 1.19 bits per heavy atom. The molecule has 0 saturated carbocycles. The largest absolute Gasteiger partial charge is 0.494 e. The molecule has 2 heterocycles. The Hall–Kier alpha value is -3.72. The highest BCUT2D eigenvalue weighted by molar-refractivity contribution is 5.89. The van der Waals surface area contributed by atoms with E-state index < -0.39 is 11.5 Å². The van der Waals surface area contributed by atoms with Crippen molar-refractivity contribution in [2.45, 2.75) is 39.5 Å². The van der Waals surface area contributed by atoms with E-state index in [4.69, 9.17) is 19.6 Å². The molecule has 0 bridgehead atoms. The van der Waals surface area contributed by atoms with Crippen molar-refractivity contribution >= 4 is 11.0 Å². The van der Waals surface area contributed by atoms with Gasteiger partial charge in [0.05, 0.1) is 23.5 Å². The molecule has 1 atom stereocenters. The Balaban J connectivity index is 1.89. The lowest BCUT2D eigenvalue weighted by atomic mass is 9.83. The third-order valence-electron chi connectivity index (χ3n) is 5.49. The zero-order valence-corrected chi connectivity index (χ0v) is 17.8. The van der Waals surface area contributed by atoms with Gasteiger partial charge >= 0.3 is 5.63 Å². The van der Waals surface area contributed by atoms with Crippen LogP contribution in [0.15, 0.2) is 57.1 Å². The first-order chi connectivity index (χ1) is 14.9. The number of benzene rings is 2. The van der Waals surface area contributed by atoms with E-state index in [0.717, 1.165) is 35.3 Å². The number of nitriles is 1. The van der Waals surface area contributed by atoms with Crippen LogP contribution in [0.4, 0.5) is 0 Å². The zero-order valence-electron chi connectivity index (χ0n) is 17.8. The highest BCUT2D eigenvalue weighted by atomic mass is 16.5. The molecule has 1 aliphatic rings. The number of aryl methyl sites for hydroxylation is 2. The normalized spacial score (nSPS) is 15.4. The van der Waals surface area contributed by atoms with Crippen LogP contribution in [0, 0.1) is 25.2 Å². The molecular formula is C25H24N2O4. The van der Waals surface area contributed by atoms with Crippen LogP contribution in [0.25, 0.3) is 11.0 Å². The van der Waals surface area contributed by atoms with Crippen molar-refractivity contribution in [1.29, 1.82) is 5.26 Å². The molecule has 1 aromatic heterocycles. The fourth-order valence-electron chi connectivity index (χ4n) is 4.03. The number of fused-ring (bicyclic) bond motifs is 3. The van der Waals surface area contributed by atoms with Crippen molar-refractivity contribution in [2.24, 2.45) is 5.73 Å². The Bertz CT molecular complexity index is 1280. The molecule has 1 aliphatic heterocycles. The van der Waals surface area contributed by atoms with Gasteiger partial charge in [-0.1, -0.05) is 31.5 Å². The fourth-order valence-corrected chi connectivity index (χ4v) is 4.03. The molecular weight excluding hydrogens is 392 g/mol. The van der Waals surface area contributed by atoms with E-state index in [1.807, 2.05) is 44.2 Å². The quantitative estimate of drug-likeness (QED) is 0.473. The van der Waals surface area contributed by atoms with Gasteiger partial charge in [-0.2, -0.15) is 5.26 Å². The average molecular weight is 416 g/mol.